The van der Waals surface area contributed by atoms with E-state index in [1.54, 1.807) is 0 Å². The zero-order valence-electron chi connectivity index (χ0n) is 16.8. The van der Waals surface area contributed by atoms with Crippen LogP contribution in [-0.4, -0.2) is 12.7 Å². The van der Waals surface area contributed by atoms with E-state index in [0.717, 1.165) is 5.75 Å². The molecule has 146 valence electrons. The highest BCUT2D eigenvalue weighted by molar-refractivity contribution is 7.07. The molecule has 0 unspecified atom stereocenters. The van der Waals surface area contributed by atoms with Gasteiger partial charge in [0.05, 0.1) is 16.4 Å². The number of para-hydroxylation sites is 1. The van der Waals surface area contributed by atoms with Crippen LogP contribution >= 0.6 is 0 Å². The second-order valence-corrected chi connectivity index (χ2v) is 11.4. The van der Waals surface area contributed by atoms with E-state index in [0.29, 0.717) is 0 Å². The van der Waals surface area contributed by atoms with Gasteiger partial charge in [0.25, 0.3) is 0 Å². The van der Waals surface area contributed by atoms with E-state index >= 15 is 0 Å². The Labute approximate surface area is 181 Å². The van der Waals surface area contributed by atoms with Crippen LogP contribution in [-0.2, 0) is 0 Å². The second kappa shape index (κ2) is 6.09. The monoisotopic (exact) mass is 413 g/mol. The summed E-state index contributed by atoms with van der Waals surface area (Å²) in [4.78, 5) is 0. The zero-order valence-corrected chi connectivity index (χ0v) is 17.8. The highest BCUT2D eigenvalue weighted by Crippen LogP contribution is 2.37. The van der Waals surface area contributed by atoms with Crippen LogP contribution in [0.5, 0.6) is 5.75 Å². The molecular formula is C28H19NOSi. The van der Waals surface area contributed by atoms with Crippen molar-refractivity contribution in [1.29, 1.82) is 0 Å². The third kappa shape index (κ3) is 2.11. The fourth-order valence-corrected chi connectivity index (χ4v) is 9.25. The quantitative estimate of drug-likeness (QED) is 0.299. The van der Waals surface area contributed by atoms with Crippen molar-refractivity contribution >= 4 is 51.2 Å². The summed E-state index contributed by atoms with van der Waals surface area (Å²) < 4.78 is 9.65. The Morgan fingerprint density at radius 3 is 1.84 bits per heavy atom. The maximum absolute atomic E-state index is 7.18. The van der Waals surface area contributed by atoms with E-state index in [9.17, 15) is 0 Å². The molecule has 1 aliphatic rings. The van der Waals surface area contributed by atoms with Crippen molar-refractivity contribution in [2.45, 2.75) is 0 Å². The molecule has 0 saturated carbocycles. The van der Waals surface area contributed by atoms with Crippen molar-refractivity contribution in [2.75, 3.05) is 0 Å². The van der Waals surface area contributed by atoms with Crippen LogP contribution < -0.4 is 20.1 Å². The molecule has 3 heterocycles. The van der Waals surface area contributed by atoms with Gasteiger partial charge >= 0.3 is 8.32 Å². The second-order valence-electron chi connectivity index (χ2n) is 8.15. The van der Waals surface area contributed by atoms with Gasteiger partial charge in [-0.05, 0) is 34.0 Å². The van der Waals surface area contributed by atoms with Gasteiger partial charge in [-0.15, -0.1) is 0 Å². The minimum Gasteiger partial charge on any atom is -0.528 e. The van der Waals surface area contributed by atoms with Crippen molar-refractivity contribution in [3.8, 4) is 5.75 Å². The van der Waals surface area contributed by atoms with Crippen LogP contribution in [0.3, 0.4) is 0 Å². The number of fused-ring (bicyclic) bond motifs is 3. The molecular weight excluding hydrogens is 394 g/mol. The van der Waals surface area contributed by atoms with E-state index in [1.807, 2.05) is 0 Å². The Bertz CT molecular complexity index is 1560. The van der Waals surface area contributed by atoms with Crippen molar-refractivity contribution in [3.63, 3.8) is 0 Å². The Morgan fingerprint density at radius 2 is 1.13 bits per heavy atom. The Balaban J connectivity index is 1.73. The van der Waals surface area contributed by atoms with Crippen LogP contribution in [0.25, 0.3) is 27.2 Å². The Hall–Kier alpha value is -3.82. The molecule has 0 fully saturated rings. The summed E-state index contributed by atoms with van der Waals surface area (Å²) in [6.07, 6.45) is 0. The first-order valence-corrected chi connectivity index (χ1v) is 12.5. The lowest BCUT2D eigenvalue weighted by molar-refractivity contribution is 0.574. The van der Waals surface area contributed by atoms with Crippen molar-refractivity contribution in [3.05, 3.63) is 115 Å². The normalized spacial score (nSPS) is 14.3. The minimum absolute atomic E-state index is 0.969. The van der Waals surface area contributed by atoms with Gasteiger partial charge in [-0.3, -0.25) is 0 Å². The number of hydrogen-bond acceptors (Lipinski definition) is 1. The van der Waals surface area contributed by atoms with Crippen molar-refractivity contribution in [1.82, 2.24) is 4.40 Å². The average molecular weight is 414 g/mol. The maximum Gasteiger partial charge on any atom is 0.363 e. The zero-order chi connectivity index (χ0) is 20.4. The molecule has 0 spiro atoms. The van der Waals surface area contributed by atoms with Crippen molar-refractivity contribution in [2.24, 2.45) is 0 Å². The lowest BCUT2D eigenvalue weighted by Crippen LogP contribution is -2.73. The molecule has 7 rings (SSSR count). The van der Waals surface area contributed by atoms with E-state index in [1.165, 1.54) is 42.9 Å². The number of nitrogens with zero attached hydrogens (tertiary/aromatic N) is 1. The number of pyridine rings is 1. The molecule has 1 aliphatic heterocycles. The molecule has 31 heavy (non-hydrogen) atoms. The SMILES string of the molecule is c1ccc([Si]2(c3ccccc3)Oc3cccc4c5ccccc5c5ccc2n5c34)cc1. The van der Waals surface area contributed by atoms with Crippen LogP contribution in [0.2, 0.25) is 0 Å². The van der Waals surface area contributed by atoms with Crippen molar-refractivity contribution < 1.29 is 4.43 Å². The van der Waals surface area contributed by atoms with Crippen LogP contribution in [0.4, 0.5) is 0 Å². The molecule has 6 aromatic rings. The van der Waals surface area contributed by atoms with Gasteiger partial charge in [0, 0.05) is 10.8 Å². The summed E-state index contributed by atoms with van der Waals surface area (Å²) in [5.74, 6) is 0.969. The van der Waals surface area contributed by atoms with Gasteiger partial charge in [0.15, 0.2) is 0 Å². The molecule has 2 aromatic heterocycles. The lowest BCUT2D eigenvalue weighted by Gasteiger charge is -2.37. The molecule has 0 radical (unpaired) electrons. The highest BCUT2D eigenvalue weighted by Gasteiger charge is 2.48. The first-order chi connectivity index (χ1) is 15.4. The first kappa shape index (κ1) is 16.9. The molecule has 0 amide bonds. The average Bonchev–Trinajstić information content (AvgIpc) is 3.31. The number of rotatable bonds is 2. The van der Waals surface area contributed by atoms with E-state index in [-0.39, 0.29) is 0 Å². The van der Waals surface area contributed by atoms with E-state index in [4.69, 9.17) is 4.43 Å². The molecule has 0 N–H and O–H groups in total. The minimum atomic E-state index is -2.73. The van der Waals surface area contributed by atoms with Crippen LogP contribution in [0, 0.1) is 0 Å². The Morgan fingerprint density at radius 1 is 0.516 bits per heavy atom. The Kier molecular flexibility index (Phi) is 3.33. The number of aromatic nitrogens is 1. The highest BCUT2D eigenvalue weighted by atomic mass is 28.4. The predicted molar refractivity (Wildman–Crippen MR) is 131 cm³/mol. The van der Waals surface area contributed by atoms with Crippen LogP contribution in [0.15, 0.2) is 115 Å². The molecule has 0 atom stereocenters. The number of benzene rings is 4. The third-order valence-corrected chi connectivity index (χ3v) is 10.5. The molecule has 0 saturated heterocycles. The maximum atomic E-state index is 7.18. The first-order valence-electron chi connectivity index (χ1n) is 10.6. The van der Waals surface area contributed by atoms with Gasteiger partial charge in [0.1, 0.15) is 5.75 Å². The summed E-state index contributed by atoms with van der Waals surface area (Å²) >= 11 is 0. The summed E-state index contributed by atoms with van der Waals surface area (Å²) in [6.45, 7) is 0. The number of hydrogen-bond donors (Lipinski definition) is 0. The molecule has 0 aliphatic carbocycles. The summed E-state index contributed by atoms with van der Waals surface area (Å²) in [5, 5.41) is 7.59. The molecule has 2 nitrogen and oxygen atoms in total. The summed E-state index contributed by atoms with van der Waals surface area (Å²) in [7, 11) is -2.73. The standard InChI is InChI=1S/C28H19NOSi/c1-3-10-20(11-4-1)31(21-12-5-2-6-13-21)27-19-18-25-23-15-8-7-14-22(23)24-16-9-17-26(30-31)28(24)29(25)27/h1-19H. The smallest absolute Gasteiger partial charge is 0.363 e. The predicted octanol–water partition coefficient (Wildman–Crippen LogP) is 4.61. The van der Waals surface area contributed by atoms with Gasteiger partial charge < -0.3 is 8.83 Å². The largest absolute Gasteiger partial charge is 0.528 e. The molecule has 0 bridgehead atoms. The molecule has 3 heteroatoms. The van der Waals surface area contributed by atoms with Crippen LogP contribution in [0.1, 0.15) is 0 Å². The van der Waals surface area contributed by atoms with Gasteiger partial charge in [-0.2, -0.15) is 0 Å². The van der Waals surface area contributed by atoms with Gasteiger partial charge in [-0.1, -0.05) is 97.1 Å². The van der Waals surface area contributed by atoms with E-state index in [2.05, 4.69) is 120 Å². The lowest BCUT2D eigenvalue weighted by atomic mass is 10.0. The third-order valence-electron chi connectivity index (χ3n) is 6.58. The topological polar surface area (TPSA) is 13.6 Å². The van der Waals surface area contributed by atoms with Gasteiger partial charge in [-0.25, -0.2) is 0 Å². The van der Waals surface area contributed by atoms with E-state index < -0.39 is 8.32 Å². The fourth-order valence-electron chi connectivity index (χ4n) is 5.30. The fraction of sp³-hybridized carbons (Fsp3) is 0. The van der Waals surface area contributed by atoms with Gasteiger partial charge in [0.2, 0.25) is 0 Å². The summed E-state index contributed by atoms with van der Waals surface area (Å²) in [6, 6.07) is 41.3. The summed E-state index contributed by atoms with van der Waals surface area (Å²) in [5.41, 5.74) is 2.42. The molecule has 4 aromatic carbocycles.